The van der Waals surface area contributed by atoms with E-state index < -0.39 is 0 Å². The van der Waals surface area contributed by atoms with Crippen molar-refractivity contribution in [2.24, 2.45) is 0 Å². The van der Waals surface area contributed by atoms with Crippen LogP contribution in [-0.2, 0) is 0 Å². The van der Waals surface area contributed by atoms with E-state index in [1.165, 1.54) is 0 Å². The number of pyridine rings is 1. The minimum atomic E-state index is 0.434. The summed E-state index contributed by atoms with van der Waals surface area (Å²) in [4.78, 5) is 12.4. The number of anilines is 1. The van der Waals surface area contributed by atoms with Crippen LogP contribution in [0.15, 0.2) is 12.4 Å². The molecule has 0 bridgehead atoms. The van der Waals surface area contributed by atoms with E-state index in [4.69, 9.17) is 10.5 Å². The van der Waals surface area contributed by atoms with E-state index >= 15 is 0 Å². The van der Waals surface area contributed by atoms with Crippen LogP contribution in [0.1, 0.15) is 12.7 Å². The highest BCUT2D eigenvalue weighted by Crippen LogP contribution is 2.27. The minimum Gasteiger partial charge on any atom is -0.491 e. The number of ether oxygens (including phenoxy) is 1. The zero-order chi connectivity index (χ0) is 10.8. The Morgan fingerprint density at radius 3 is 2.87 bits per heavy atom. The standard InChI is InChI=1S/C10H12N4O/c1-3-15-8-5-12-4-7-9(8)10(11)14-6(2)13-7/h4-5H,3H2,1-2H3,(H2,11,13,14). The monoisotopic (exact) mass is 204 g/mol. The molecule has 2 rings (SSSR count). The molecule has 0 atom stereocenters. The zero-order valence-corrected chi connectivity index (χ0v) is 8.69. The highest BCUT2D eigenvalue weighted by molar-refractivity contribution is 5.92. The van der Waals surface area contributed by atoms with Gasteiger partial charge < -0.3 is 10.5 Å². The molecule has 2 heterocycles. The minimum absolute atomic E-state index is 0.434. The van der Waals surface area contributed by atoms with E-state index in [1.54, 1.807) is 19.3 Å². The SMILES string of the molecule is CCOc1cncc2nc(C)nc(N)c12. The van der Waals surface area contributed by atoms with Crippen LogP contribution in [0, 0.1) is 6.92 Å². The van der Waals surface area contributed by atoms with Gasteiger partial charge in [0.05, 0.1) is 29.9 Å². The van der Waals surface area contributed by atoms with Crippen molar-refractivity contribution in [2.45, 2.75) is 13.8 Å². The molecule has 2 aromatic rings. The van der Waals surface area contributed by atoms with Gasteiger partial charge in [0.1, 0.15) is 11.6 Å². The normalized spacial score (nSPS) is 10.5. The molecule has 0 amide bonds. The van der Waals surface area contributed by atoms with Crippen molar-refractivity contribution in [2.75, 3.05) is 12.3 Å². The van der Waals surface area contributed by atoms with E-state index in [2.05, 4.69) is 15.0 Å². The van der Waals surface area contributed by atoms with E-state index in [-0.39, 0.29) is 0 Å². The van der Waals surface area contributed by atoms with Gasteiger partial charge in [-0.05, 0) is 13.8 Å². The molecular weight excluding hydrogens is 192 g/mol. The largest absolute Gasteiger partial charge is 0.491 e. The number of hydrogen-bond acceptors (Lipinski definition) is 5. The Labute approximate surface area is 87.3 Å². The van der Waals surface area contributed by atoms with Crippen LogP contribution < -0.4 is 10.5 Å². The Morgan fingerprint density at radius 2 is 2.13 bits per heavy atom. The van der Waals surface area contributed by atoms with Crippen molar-refractivity contribution in [1.29, 1.82) is 0 Å². The van der Waals surface area contributed by atoms with Gasteiger partial charge in [-0.15, -0.1) is 0 Å². The molecule has 0 saturated carbocycles. The van der Waals surface area contributed by atoms with Crippen LogP contribution in [0.4, 0.5) is 5.82 Å². The first-order valence-corrected chi connectivity index (χ1v) is 4.73. The van der Waals surface area contributed by atoms with E-state index in [1.807, 2.05) is 6.92 Å². The summed E-state index contributed by atoms with van der Waals surface area (Å²) in [7, 11) is 0. The maximum atomic E-state index is 5.83. The summed E-state index contributed by atoms with van der Waals surface area (Å²) in [6.45, 7) is 4.27. The number of aryl methyl sites for hydroxylation is 1. The van der Waals surface area contributed by atoms with Gasteiger partial charge in [0.15, 0.2) is 5.75 Å². The topological polar surface area (TPSA) is 73.9 Å². The molecular formula is C10H12N4O. The molecule has 0 radical (unpaired) electrons. The Morgan fingerprint density at radius 1 is 1.33 bits per heavy atom. The lowest BCUT2D eigenvalue weighted by Gasteiger charge is -2.08. The summed E-state index contributed by atoms with van der Waals surface area (Å²) in [5.41, 5.74) is 6.54. The lowest BCUT2D eigenvalue weighted by Crippen LogP contribution is -2.01. The molecule has 0 spiro atoms. The van der Waals surface area contributed by atoms with E-state index in [9.17, 15) is 0 Å². The summed E-state index contributed by atoms with van der Waals surface area (Å²) >= 11 is 0. The summed E-state index contributed by atoms with van der Waals surface area (Å²) in [6, 6.07) is 0. The van der Waals surface area contributed by atoms with Crippen LogP contribution in [0.3, 0.4) is 0 Å². The maximum Gasteiger partial charge on any atom is 0.150 e. The molecule has 5 heteroatoms. The first-order valence-electron chi connectivity index (χ1n) is 4.73. The predicted molar refractivity (Wildman–Crippen MR) is 57.7 cm³/mol. The van der Waals surface area contributed by atoms with E-state index in [0.29, 0.717) is 29.5 Å². The number of rotatable bonds is 2. The average molecular weight is 204 g/mol. The maximum absolute atomic E-state index is 5.83. The van der Waals surface area contributed by atoms with Crippen LogP contribution in [-0.4, -0.2) is 21.6 Å². The lowest BCUT2D eigenvalue weighted by molar-refractivity contribution is 0.343. The lowest BCUT2D eigenvalue weighted by atomic mass is 10.2. The summed E-state index contributed by atoms with van der Waals surface area (Å²) < 4.78 is 5.42. The Hall–Kier alpha value is -1.91. The quantitative estimate of drug-likeness (QED) is 0.798. The molecule has 2 aromatic heterocycles. The number of nitrogens with zero attached hydrogens (tertiary/aromatic N) is 3. The highest BCUT2D eigenvalue weighted by Gasteiger charge is 2.08. The smallest absolute Gasteiger partial charge is 0.150 e. The molecule has 0 aliphatic heterocycles. The van der Waals surface area contributed by atoms with E-state index in [0.717, 1.165) is 5.39 Å². The Balaban J connectivity index is 2.73. The third kappa shape index (κ3) is 1.68. The van der Waals surface area contributed by atoms with Crippen molar-refractivity contribution in [1.82, 2.24) is 15.0 Å². The first-order chi connectivity index (χ1) is 7.22. The second-order valence-electron chi connectivity index (χ2n) is 3.12. The van der Waals surface area contributed by atoms with Gasteiger partial charge in [-0.25, -0.2) is 9.97 Å². The van der Waals surface area contributed by atoms with Crippen molar-refractivity contribution in [3.8, 4) is 5.75 Å². The fourth-order valence-corrected chi connectivity index (χ4v) is 1.47. The number of nitrogens with two attached hydrogens (primary N) is 1. The number of aromatic nitrogens is 3. The molecule has 0 aliphatic rings. The fraction of sp³-hybridized carbons (Fsp3) is 0.300. The summed E-state index contributed by atoms with van der Waals surface area (Å²) in [5.74, 6) is 1.70. The molecule has 0 aromatic carbocycles. The van der Waals surface area contributed by atoms with Gasteiger partial charge in [0, 0.05) is 0 Å². The van der Waals surface area contributed by atoms with Crippen LogP contribution in [0.5, 0.6) is 5.75 Å². The molecule has 0 fully saturated rings. The Bertz CT molecular complexity index is 498. The van der Waals surface area contributed by atoms with Crippen LogP contribution in [0.2, 0.25) is 0 Å². The Kier molecular flexibility index (Phi) is 2.37. The number of fused-ring (bicyclic) bond motifs is 1. The molecule has 0 saturated heterocycles. The second kappa shape index (κ2) is 3.68. The van der Waals surface area contributed by atoms with Crippen LogP contribution in [0.25, 0.3) is 10.9 Å². The van der Waals surface area contributed by atoms with Gasteiger partial charge in [0.25, 0.3) is 0 Å². The molecule has 2 N–H and O–H groups in total. The zero-order valence-electron chi connectivity index (χ0n) is 8.69. The molecule has 0 unspecified atom stereocenters. The van der Waals surface area contributed by atoms with Crippen LogP contribution >= 0.6 is 0 Å². The third-order valence-corrected chi connectivity index (χ3v) is 2.01. The van der Waals surface area contributed by atoms with Crippen molar-refractivity contribution in [3.63, 3.8) is 0 Å². The predicted octanol–water partition coefficient (Wildman–Crippen LogP) is 1.31. The van der Waals surface area contributed by atoms with Crippen molar-refractivity contribution in [3.05, 3.63) is 18.2 Å². The first kappa shape index (κ1) is 9.64. The molecule has 78 valence electrons. The fourth-order valence-electron chi connectivity index (χ4n) is 1.47. The van der Waals surface area contributed by atoms with Crippen molar-refractivity contribution < 1.29 is 4.74 Å². The third-order valence-electron chi connectivity index (χ3n) is 2.01. The summed E-state index contributed by atoms with van der Waals surface area (Å²) in [5, 5.41) is 0.734. The highest BCUT2D eigenvalue weighted by atomic mass is 16.5. The van der Waals surface area contributed by atoms with Gasteiger partial charge in [-0.3, -0.25) is 4.98 Å². The van der Waals surface area contributed by atoms with Crippen molar-refractivity contribution >= 4 is 16.7 Å². The summed E-state index contributed by atoms with van der Waals surface area (Å²) in [6.07, 6.45) is 3.28. The van der Waals surface area contributed by atoms with Gasteiger partial charge in [-0.2, -0.15) is 0 Å². The average Bonchev–Trinajstić information content (AvgIpc) is 2.17. The number of nitrogen functional groups attached to an aromatic ring is 1. The van der Waals surface area contributed by atoms with Gasteiger partial charge in [-0.1, -0.05) is 0 Å². The van der Waals surface area contributed by atoms with Gasteiger partial charge in [0.2, 0.25) is 0 Å². The molecule has 15 heavy (non-hydrogen) atoms. The molecule has 5 nitrogen and oxygen atoms in total. The number of hydrogen-bond donors (Lipinski definition) is 1. The molecule has 0 aliphatic carbocycles. The van der Waals surface area contributed by atoms with Gasteiger partial charge >= 0.3 is 0 Å². The second-order valence-corrected chi connectivity index (χ2v) is 3.12.